The maximum Gasteiger partial charge on any atom is 0.374 e. The molecule has 0 saturated carbocycles. The first-order valence-corrected chi connectivity index (χ1v) is 8.47. The number of para-hydroxylation sites is 1. The van der Waals surface area contributed by atoms with Gasteiger partial charge in [-0.3, -0.25) is 4.79 Å². The zero-order chi connectivity index (χ0) is 19.2. The maximum atomic E-state index is 13.0. The Morgan fingerprint density at radius 1 is 1.00 bits per heavy atom. The molecule has 1 heterocycles. The number of hydrogen-bond donors (Lipinski definition) is 0. The van der Waals surface area contributed by atoms with Gasteiger partial charge in [0.05, 0.1) is 0 Å². The van der Waals surface area contributed by atoms with Crippen LogP contribution >= 0.6 is 0 Å². The van der Waals surface area contributed by atoms with E-state index in [0.29, 0.717) is 17.9 Å². The van der Waals surface area contributed by atoms with Crippen molar-refractivity contribution in [3.05, 3.63) is 78.3 Å². The smallest absolute Gasteiger partial charge is 0.374 e. The Labute approximate surface area is 156 Å². The molecule has 3 aromatic rings. The standard InChI is InChI=1S/C21H18FNO4/c1-2-23(17-6-4-3-5-7-17)20(24)14-26-21(25)19-13-12-18(27-19)15-8-10-16(22)11-9-15/h3-13H,2,14H2,1H3. The van der Waals surface area contributed by atoms with Crippen molar-refractivity contribution in [2.45, 2.75) is 6.92 Å². The fourth-order valence-electron chi connectivity index (χ4n) is 2.60. The molecule has 0 atom stereocenters. The summed E-state index contributed by atoms with van der Waals surface area (Å²) in [5, 5.41) is 0. The van der Waals surface area contributed by atoms with Crippen LogP contribution in [0.4, 0.5) is 10.1 Å². The summed E-state index contributed by atoms with van der Waals surface area (Å²) in [7, 11) is 0. The van der Waals surface area contributed by atoms with Gasteiger partial charge in [0.15, 0.2) is 6.61 Å². The van der Waals surface area contributed by atoms with Crippen LogP contribution in [-0.4, -0.2) is 25.0 Å². The van der Waals surface area contributed by atoms with Crippen molar-refractivity contribution in [1.29, 1.82) is 0 Å². The summed E-state index contributed by atoms with van der Waals surface area (Å²) in [6, 6.07) is 17.9. The van der Waals surface area contributed by atoms with E-state index in [-0.39, 0.29) is 17.5 Å². The lowest BCUT2D eigenvalue weighted by Crippen LogP contribution is -2.34. The Hall–Kier alpha value is -3.41. The van der Waals surface area contributed by atoms with Gasteiger partial charge < -0.3 is 14.1 Å². The van der Waals surface area contributed by atoms with Crippen molar-refractivity contribution in [3.63, 3.8) is 0 Å². The Kier molecular flexibility index (Phi) is 5.66. The minimum Gasteiger partial charge on any atom is -0.450 e. The van der Waals surface area contributed by atoms with Crippen molar-refractivity contribution >= 4 is 17.6 Å². The van der Waals surface area contributed by atoms with Gasteiger partial charge in [-0.05, 0) is 55.5 Å². The molecule has 27 heavy (non-hydrogen) atoms. The summed E-state index contributed by atoms with van der Waals surface area (Å²) in [4.78, 5) is 26.0. The van der Waals surface area contributed by atoms with Gasteiger partial charge in [0.1, 0.15) is 11.6 Å². The summed E-state index contributed by atoms with van der Waals surface area (Å²) in [5.74, 6) is -1.04. The predicted octanol–water partition coefficient (Wildman–Crippen LogP) is 4.30. The highest BCUT2D eigenvalue weighted by molar-refractivity contribution is 5.96. The highest BCUT2D eigenvalue weighted by atomic mass is 19.1. The third-order valence-electron chi connectivity index (χ3n) is 3.95. The van der Waals surface area contributed by atoms with Gasteiger partial charge in [-0.25, -0.2) is 9.18 Å². The van der Waals surface area contributed by atoms with Gasteiger partial charge in [0.2, 0.25) is 5.76 Å². The van der Waals surface area contributed by atoms with Crippen LogP contribution < -0.4 is 4.90 Å². The highest BCUT2D eigenvalue weighted by Gasteiger charge is 2.19. The van der Waals surface area contributed by atoms with Crippen LogP contribution in [0.15, 0.2) is 71.1 Å². The number of anilines is 1. The van der Waals surface area contributed by atoms with E-state index in [2.05, 4.69) is 0 Å². The molecular weight excluding hydrogens is 349 g/mol. The molecule has 0 bridgehead atoms. The van der Waals surface area contributed by atoms with Crippen LogP contribution in [0.3, 0.4) is 0 Å². The lowest BCUT2D eigenvalue weighted by atomic mass is 10.2. The van der Waals surface area contributed by atoms with E-state index in [1.54, 1.807) is 18.2 Å². The molecule has 138 valence electrons. The molecule has 0 fully saturated rings. The topological polar surface area (TPSA) is 59.8 Å². The van der Waals surface area contributed by atoms with Crippen LogP contribution in [-0.2, 0) is 9.53 Å². The number of carbonyl (C=O) groups is 2. The summed E-state index contributed by atoms with van der Waals surface area (Å²) in [5.41, 5.74) is 1.37. The van der Waals surface area contributed by atoms with E-state index in [4.69, 9.17) is 9.15 Å². The van der Waals surface area contributed by atoms with Crippen molar-refractivity contribution in [2.75, 3.05) is 18.1 Å². The number of likely N-dealkylation sites (N-methyl/N-ethyl adjacent to an activating group) is 1. The summed E-state index contributed by atoms with van der Waals surface area (Å²) < 4.78 is 23.5. The molecule has 0 unspecified atom stereocenters. The fourth-order valence-corrected chi connectivity index (χ4v) is 2.60. The number of benzene rings is 2. The second-order valence-electron chi connectivity index (χ2n) is 5.72. The van der Waals surface area contributed by atoms with Crippen molar-refractivity contribution in [2.24, 2.45) is 0 Å². The molecule has 1 amide bonds. The first-order valence-electron chi connectivity index (χ1n) is 8.47. The van der Waals surface area contributed by atoms with Crippen molar-refractivity contribution in [3.8, 4) is 11.3 Å². The Bertz CT molecular complexity index is 919. The van der Waals surface area contributed by atoms with Gasteiger partial charge in [-0.1, -0.05) is 18.2 Å². The quantitative estimate of drug-likeness (QED) is 0.610. The van der Waals surface area contributed by atoms with Gasteiger partial charge in [0, 0.05) is 17.8 Å². The number of hydrogen-bond acceptors (Lipinski definition) is 4. The molecule has 0 aliphatic heterocycles. The Morgan fingerprint density at radius 3 is 2.37 bits per heavy atom. The van der Waals surface area contributed by atoms with Crippen LogP contribution in [0.25, 0.3) is 11.3 Å². The second-order valence-corrected chi connectivity index (χ2v) is 5.72. The van der Waals surface area contributed by atoms with E-state index in [1.165, 1.54) is 23.1 Å². The second kappa shape index (κ2) is 8.31. The predicted molar refractivity (Wildman–Crippen MR) is 98.9 cm³/mol. The minimum absolute atomic E-state index is 0.0233. The third kappa shape index (κ3) is 4.41. The molecule has 0 saturated heterocycles. The number of esters is 1. The van der Waals surface area contributed by atoms with Gasteiger partial charge in [-0.2, -0.15) is 0 Å². The lowest BCUT2D eigenvalue weighted by molar-refractivity contribution is -0.121. The SMILES string of the molecule is CCN(C(=O)COC(=O)c1ccc(-c2ccc(F)cc2)o1)c1ccccc1. The van der Waals surface area contributed by atoms with E-state index in [1.807, 2.05) is 37.3 Å². The van der Waals surface area contributed by atoms with E-state index >= 15 is 0 Å². The zero-order valence-corrected chi connectivity index (χ0v) is 14.7. The Morgan fingerprint density at radius 2 is 1.70 bits per heavy atom. The molecule has 0 spiro atoms. The minimum atomic E-state index is -0.735. The average molecular weight is 367 g/mol. The number of halogens is 1. The molecule has 0 N–H and O–H groups in total. The average Bonchev–Trinajstić information content (AvgIpc) is 3.18. The van der Waals surface area contributed by atoms with E-state index < -0.39 is 12.6 Å². The molecule has 1 aromatic heterocycles. The summed E-state index contributed by atoms with van der Waals surface area (Å²) in [6.07, 6.45) is 0. The van der Waals surface area contributed by atoms with Crippen LogP contribution in [0, 0.1) is 5.82 Å². The number of furan rings is 1. The zero-order valence-electron chi connectivity index (χ0n) is 14.7. The Balaban J connectivity index is 1.62. The maximum absolute atomic E-state index is 13.0. The molecule has 0 radical (unpaired) electrons. The van der Waals surface area contributed by atoms with Gasteiger partial charge in [0.25, 0.3) is 5.91 Å². The number of nitrogens with zero attached hydrogens (tertiary/aromatic N) is 1. The van der Waals surface area contributed by atoms with E-state index in [9.17, 15) is 14.0 Å². The highest BCUT2D eigenvalue weighted by Crippen LogP contribution is 2.23. The van der Waals surface area contributed by atoms with Crippen molar-refractivity contribution < 1.29 is 23.1 Å². The number of rotatable bonds is 6. The number of carbonyl (C=O) groups excluding carboxylic acids is 2. The first kappa shape index (κ1) is 18.4. The summed E-state index contributed by atoms with van der Waals surface area (Å²) in [6.45, 7) is 1.90. The fraction of sp³-hybridized carbons (Fsp3) is 0.143. The monoisotopic (exact) mass is 367 g/mol. The molecule has 3 rings (SSSR count). The largest absolute Gasteiger partial charge is 0.450 e. The van der Waals surface area contributed by atoms with Crippen LogP contribution in [0.2, 0.25) is 0 Å². The molecule has 0 aliphatic carbocycles. The summed E-state index contributed by atoms with van der Waals surface area (Å²) >= 11 is 0. The molecule has 6 heteroatoms. The molecular formula is C21H18FNO4. The molecule has 5 nitrogen and oxygen atoms in total. The van der Waals surface area contributed by atoms with E-state index in [0.717, 1.165) is 5.69 Å². The van der Waals surface area contributed by atoms with Crippen LogP contribution in [0.1, 0.15) is 17.5 Å². The normalized spacial score (nSPS) is 10.4. The first-order chi connectivity index (χ1) is 13.1. The van der Waals surface area contributed by atoms with Gasteiger partial charge in [-0.15, -0.1) is 0 Å². The lowest BCUT2D eigenvalue weighted by Gasteiger charge is -2.20. The van der Waals surface area contributed by atoms with Crippen molar-refractivity contribution in [1.82, 2.24) is 0 Å². The van der Waals surface area contributed by atoms with Crippen LogP contribution in [0.5, 0.6) is 0 Å². The number of ether oxygens (including phenoxy) is 1. The van der Waals surface area contributed by atoms with Gasteiger partial charge >= 0.3 is 5.97 Å². The molecule has 0 aliphatic rings. The molecule has 2 aromatic carbocycles. The number of amides is 1. The third-order valence-corrected chi connectivity index (χ3v) is 3.95.